The maximum absolute atomic E-state index is 12.8. The molecule has 2 aromatic rings. The van der Waals surface area contributed by atoms with E-state index in [-0.39, 0.29) is 41.2 Å². The number of imide groups is 1. The van der Waals surface area contributed by atoms with Crippen LogP contribution < -0.4 is 0 Å². The van der Waals surface area contributed by atoms with Crippen LogP contribution in [0, 0.1) is 23.7 Å². The van der Waals surface area contributed by atoms with Gasteiger partial charge in [-0.1, -0.05) is 42.5 Å². The second kappa shape index (κ2) is 5.53. The van der Waals surface area contributed by atoms with Crippen LogP contribution in [0.15, 0.2) is 53.7 Å². The highest BCUT2D eigenvalue weighted by molar-refractivity contribution is 6.08. The largest absolute Gasteiger partial charge is 0.507 e. The third kappa shape index (κ3) is 2.06. The number of nitrogens with zero attached hydrogens (tertiary/aromatic N) is 2. The first-order valence-corrected chi connectivity index (χ1v) is 8.96. The molecule has 2 bridgehead atoms. The van der Waals surface area contributed by atoms with Crippen LogP contribution in [0.2, 0.25) is 0 Å². The number of hydrogen-bond acceptors (Lipinski definition) is 4. The van der Waals surface area contributed by atoms with Crippen molar-refractivity contribution >= 4 is 28.8 Å². The van der Waals surface area contributed by atoms with Crippen molar-refractivity contribution < 1.29 is 14.7 Å². The molecule has 1 saturated heterocycles. The van der Waals surface area contributed by atoms with E-state index in [0.717, 1.165) is 28.6 Å². The van der Waals surface area contributed by atoms with E-state index < -0.39 is 0 Å². The Morgan fingerprint density at radius 2 is 1.62 bits per heavy atom. The molecule has 3 aliphatic carbocycles. The zero-order valence-corrected chi connectivity index (χ0v) is 14.1. The molecule has 2 fully saturated rings. The fraction of sp³-hybridized carbons (Fsp3) is 0.286. The lowest BCUT2D eigenvalue weighted by Gasteiger charge is -2.37. The third-order valence-corrected chi connectivity index (χ3v) is 5.99. The molecule has 130 valence electrons. The minimum atomic E-state index is -0.274. The van der Waals surface area contributed by atoms with E-state index in [9.17, 15) is 14.7 Å². The molecule has 1 N–H and O–H groups in total. The van der Waals surface area contributed by atoms with Gasteiger partial charge < -0.3 is 5.11 Å². The standard InChI is InChI=1S/C21H18N2O3/c24-17-10-9-12-3-1-2-4-15(12)16(17)11-22-23-20(25)18-13-5-6-14(8-7-13)19(18)21(23)26/h1-6,9-11,13-14,18-19,24H,7-8H2/b22-11-/t13-,14+,18-,19+. The number of phenolic OH excluding ortho intramolecular Hbond substituents is 1. The quantitative estimate of drug-likeness (QED) is 0.516. The minimum absolute atomic E-state index is 0.0747. The predicted molar refractivity (Wildman–Crippen MR) is 97.4 cm³/mol. The number of carbonyl (C=O) groups excluding carboxylic acids is 2. The SMILES string of the molecule is O=C1[C@@H]2[C@H](C(=O)N1/N=C\c1c(O)ccc3ccccc13)[C@@H]1C=C[C@H]2CC1. The lowest BCUT2D eigenvalue weighted by molar-refractivity contribution is -0.140. The van der Waals surface area contributed by atoms with Crippen LogP contribution >= 0.6 is 0 Å². The van der Waals surface area contributed by atoms with Gasteiger partial charge in [0.25, 0.3) is 11.8 Å². The Balaban J connectivity index is 1.52. The number of carbonyl (C=O) groups is 2. The molecule has 5 heteroatoms. The number of allylic oxidation sites excluding steroid dienone is 2. The van der Waals surface area contributed by atoms with Gasteiger partial charge in [0, 0.05) is 5.56 Å². The zero-order valence-electron chi connectivity index (χ0n) is 14.1. The molecule has 5 nitrogen and oxygen atoms in total. The Hall–Kier alpha value is -2.95. The summed E-state index contributed by atoms with van der Waals surface area (Å²) in [7, 11) is 0. The summed E-state index contributed by atoms with van der Waals surface area (Å²) < 4.78 is 0. The van der Waals surface area contributed by atoms with Gasteiger partial charge in [0.05, 0.1) is 18.1 Å². The molecule has 0 spiro atoms. The molecule has 4 aliphatic rings. The van der Waals surface area contributed by atoms with Gasteiger partial charge in [-0.2, -0.15) is 10.1 Å². The monoisotopic (exact) mass is 346 g/mol. The van der Waals surface area contributed by atoms with Gasteiger partial charge in [-0.15, -0.1) is 0 Å². The van der Waals surface area contributed by atoms with E-state index in [1.807, 2.05) is 30.3 Å². The lowest BCUT2D eigenvalue weighted by Crippen LogP contribution is -2.38. The van der Waals surface area contributed by atoms with E-state index in [1.54, 1.807) is 6.07 Å². The Bertz CT molecular complexity index is 962. The van der Waals surface area contributed by atoms with Gasteiger partial charge in [0.1, 0.15) is 5.75 Å². The van der Waals surface area contributed by atoms with Gasteiger partial charge in [0.2, 0.25) is 0 Å². The normalized spacial score (nSPS) is 29.9. The first-order chi connectivity index (χ1) is 12.6. The van der Waals surface area contributed by atoms with Gasteiger partial charge in [-0.25, -0.2) is 0 Å². The van der Waals surface area contributed by atoms with E-state index in [1.165, 1.54) is 6.21 Å². The number of phenols is 1. The van der Waals surface area contributed by atoms with Crippen molar-refractivity contribution in [3.63, 3.8) is 0 Å². The van der Waals surface area contributed by atoms with E-state index in [4.69, 9.17) is 0 Å². The fourth-order valence-electron chi connectivity index (χ4n) is 4.71. The highest BCUT2D eigenvalue weighted by Crippen LogP contribution is 2.49. The average molecular weight is 346 g/mol. The summed E-state index contributed by atoms with van der Waals surface area (Å²) in [6, 6.07) is 11.0. The molecule has 1 heterocycles. The molecule has 0 aromatic heterocycles. The predicted octanol–water partition coefficient (Wildman–Crippen LogP) is 3.08. The minimum Gasteiger partial charge on any atom is -0.507 e. The number of rotatable bonds is 2. The first kappa shape index (κ1) is 15.3. The van der Waals surface area contributed by atoms with Gasteiger partial charge in [-0.3, -0.25) is 9.59 Å². The molecule has 2 amide bonds. The van der Waals surface area contributed by atoms with Crippen molar-refractivity contribution in [3.8, 4) is 5.75 Å². The van der Waals surface area contributed by atoms with Gasteiger partial charge in [-0.05, 0) is 41.5 Å². The second-order valence-corrected chi connectivity index (χ2v) is 7.29. The number of fused-ring (bicyclic) bond motifs is 2. The molecule has 2 aromatic carbocycles. The number of benzene rings is 2. The number of amides is 2. The van der Waals surface area contributed by atoms with E-state index >= 15 is 0 Å². The number of aromatic hydroxyl groups is 1. The van der Waals surface area contributed by atoms with Crippen molar-refractivity contribution in [1.82, 2.24) is 5.01 Å². The Labute approximate surface area is 150 Å². The lowest BCUT2D eigenvalue weighted by atomic mass is 9.63. The van der Waals surface area contributed by atoms with Crippen LogP contribution in [0.3, 0.4) is 0 Å². The van der Waals surface area contributed by atoms with Crippen LogP contribution in [0.5, 0.6) is 5.75 Å². The summed E-state index contributed by atoms with van der Waals surface area (Å²) in [5.74, 6) is -0.606. The highest BCUT2D eigenvalue weighted by atomic mass is 16.3. The summed E-state index contributed by atoms with van der Waals surface area (Å²) in [6.07, 6.45) is 7.53. The highest BCUT2D eigenvalue weighted by Gasteiger charge is 2.56. The molecule has 1 saturated carbocycles. The van der Waals surface area contributed by atoms with Gasteiger partial charge >= 0.3 is 0 Å². The number of hydrogen-bond donors (Lipinski definition) is 1. The summed E-state index contributed by atoms with van der Waals surface area (Å²) in [4.78, 5) is 25.6. The maximum atomic E-state index is 12.8. The molecule has 0 unspecified atom stereocenters. The van der Waals surface area contributed by atoms with Crippen LogP contribution in [0.1, 0.15) is 18.4 Å². The molecule has 4 atom stereocenters. The van der Waals surface area contributed by atoms with Crippen molar-refractivity contribution in [1.29, 1.82) is 0 Å². The summed E-state index contributed by atoms with van der Waals surface area (Å²) in [5, 5.41) is 17.2. The van der Waals surface area contributed by atoms with Crippen molar-refractivity contribution in [2.75, 3.05) is 0 Å². The Morgan fingerprint density at radius 1 is 0.962 bits per heavy atom. The van der Waals surface area contributed by atoms with E-state index in [0.29, 0.717) is 5.56 Å². The summed E-state index contributed by atoms with van der Waals surface area (Å²) >= 11 is 0. The molecule has 1 aliphatic heterocycles. The van der Waals surface area contributed by atoms with Crippen LogP contribution in [-0.4, -0.2) is 28.1 Å². The zero-order chi connectivity index (χ0) is 17.8. The van der Waals surface area contributed by atoms with Crippen molar-refractivity contribution in [3.05, 3.63) is 54.1 Å². The smallest absolute Gasteiger partial charge is 0.254 e. The van der Waals surface area contributed by atoms with Gasteiger partial charge in [0.15, 0.2) is 0 Å². The maximum Gasteiger partial charge on any atom is 0.254 e. The molecule has 0 radical (unpaired) electrons. The number of hydrazone groups is 1. The average Bonchev–Trinajstić information content (AvgIpc) is 2.95. The second-order valence-electron chi connectivity index (χ2n) is 7.29. The summed E-state index contributed by atoms with van der Waals surface area (Å²) in [6.45, 7) is 0. The fourth-order valence-corrected chi connectivity index (χ4v) is 4.71. The topological polar surface area (TPSA) is 70.0 Å². The van der Waals surface area contributed by atoms with Crippen LogP contribution in [0.25, 0.3) is 10.8 Å². The van der Waals surface area contributed by atoms with Crippen molar-refractivity contribution in [2.24, 2.45) is 28.8 Å². The Morgan fingerprint density at radius 3 is 2.27 bits per heavy atom. The third-order valence-electron chi connectivity index (χ3n) is 5.99. The molecule has 26 heavy (non-hydrogen) atoms. The van der Waals surface area contributed by atoms with Crippen molar-refractivity contribution in [2.45, 2.75) is 12.8 Å². The van der Waals surface area contributed by atoms with Crippen LogP contribution in [-0.2, 0) is 9.59 Å². The molecular formula is C21H18N2O3. The van der Waals surface area contributed by atoms with E-state index in [2.05, 4.69) is 17.3 Å². The molecule has 6 rings (SSSR count). The summed E-state index contributed by atoms with van der Waals surface area (Å²) in [5.41, 5.74) is 0.514. The Kier molecular flexibility index (Phi) is 3.26. The van der Waals surface area contributed by atoms with Crippen LogP contribution in [0.4, 0.5) is 0 Å². The molecular weight excluding hydrogens is 328 g/mol. The first-order valence-electron chi connectivity index (χ1n) is 8.96.